The first-order chi connectivity index (χ1) is 7.09. The summed E-state index contributed by atoms with van der Waals surface area (Å²) < 4.78 is 25.7. The minimum absolute atomic E-state index is 0.00230. The molecule has 1 fully saturated rings. The Bertz CT molecular complexity index is 416. The van der Waals surface area contributed by atoms with Gasteiger partial charge in [-0.05, 0) is 25.0 Å². The van der Waals surface area contributed by atoms with Crippen LogP contribution >= 0.6 is 0 Å². The summed E-state index contributed by atoms with van der Waals surface area (Å²) in [5, 5.41) is 2.47. The molecule has 0 aromatic heterocycles. The molecule has 0 atom stereocenters. The van der Waals surface area contributed by atoms with Gasteiger partial charge in [-0.25, -0.2) is 8.78 Å². The zero-order chi connectivity index (χ0) is 11.0. The molecule has 1 aliphatic rings. The molecule has 2 rings (SSSR count). The Morgan fingerprint density at radius 2 is 2.07 bits per heavy atom. The first-order valence-corrected chi connectivity index (χ1v) is 4.64. The van der Waals surface area contributed by atoms with E-state index in [1.165, 1.54) is 6.07 Å². The average molecular weight is 212 g/mol. The smallest absolute Gasteiger partial charge is 0.227 e. The summed E-state index contributed by atoms with van der Waals surface area (Å²) in [4.78, 5) is 11.3. The van der Waals surface area contributed by atoms with Crippen LogP contribution in [0.25, 0.3) is 0 Å². The molecule has 0 radical (unpaired) electrons. The first-order valence-electron chi connectivity index (χ1n) is 4.64. The van der Waals surface area contributed by atoms with Crippen molar-refractivity contribution < 1.29 is 13.6 Å². The lowest BCUT2D eigenvalue weighted by Gasteiger charge is -2.08. The van der Waals surface area contributed by atoms with Crippen molar-refractivity contribution in [1.82, 2.24) is 0 Å². The van der Waals surface area contributed by atoms with Crippen LogP contribution in [0.2, 0.25) is 0 Å². The molecule has 80 valence electrons. The SMILES string of the molecule is Nc1c(NC(=O)C2CC2)ccc(F)c1F. The number of rotatable bonds is 2. The van der Waals surface area contributed by atoms with Crippen molar-refractivity contribution in [3.63, 3.8) is 0 Å². The largest absolute Gasteiger partial charge is 0.395 e. The standard InChI is InChI=1S/C10H10F2N2O/c11-6-3-4-7(9(13)8(6)12)14-10(15)5-1-2-5/h3-5H,1-2,13H2,(H,14,15). The summed E-state index contributed by atoms with van der Waals surface area (Å²) >= 11 is 0. The minimum atomic E-state index is -1.12. The number of carbonyl (C=O) groups is 1. The summed E-state index contributed by atoms with van der Waals surface area (Å²) in [6, 6.07) is 2.20. The molecule has 5 heteroatoms. The van der Waals surface area contributed by atoms with E-state index in [1.807, 2.05) is 0 Å². The van der Waals surface area contributed by atoms with Gasteiger partial charge in [-0.2, -0.15) is 0 Å². The highest BCUT2D eigenvalue weighted by Gasteiger charge is 2.30. The number of amides is 1. The molecular formula is C10H10F2N2O. The zero-order valence-corrected chi connectivity index (χ0v) is 7.89. The summed E-state index contributed by atoms with van der Waals surface area (Å²) in [6.07, 6.45) is 1.69. The van der Waals surface area contributed by atoms with Crippen LogP contribution in [-0.4, -0.2) is 5.91 Å². The highest BCUT2D eigenvalue weighted by molar-refractivity contribution is 5.96. The maximum Gasteiger partial charge on any atom is 0.227 e. The number of benzene rings is 1. The third-order valence-electron chi connectivity index (χ3n) is 2.34. The van der Waals surface area contributed by atoms with Crippen molar-refractivity contribution in [3.05, 3.63) is 23.8 Å². The number of carbonyl (C=O) groups excluding carboxylic acids is 1. The van der Waals surface area contributed by atoms with Gasteiger partial charge in [0.15, 0.2) is 11.6 Å². The molecule has 3 nitrogen and oxygen atoms in total. The summed E-state index contributed by atoms with van der Waals surface area (Å²) in [6.45, 7) is 0. The number of nitrogens with one attached hydrogen (secondary N) is 1. The molecule has 0 heterocycles. The van der Waals surface area contributed by atoms with Crippen LogP contribution in [0, 0.1) is 17.6 Å². The Morgan fingerprint density at radius 3 is 2.67 bits per heavy atom. The number of halogens is 2. The highest BCUT2D eigenvalue weighted by atomic mass is 19.2. The molecule has 3 N–H and O–H groups in total. The molecule has 1 amide bonds. The van der Waals surface area contributed by atoms with Gasteiger partial charge in [0.05, 0.1) is 11.4 Å². The maximum absolute atomic E-state index is 13.0. The summed E-state index contributed by atoms with van der Waals surface area (Å²) in [5.74, 6) is -2.33. The predicted molar refractivity (Wildman–Crippen MR) is 52.1 cm³/mol. The van der Waals surface area contributed by atoms with Crippen LogP contribution < -0.4 is 11.1 Å². The van der Waals surface area contributed by atoms with E-state index in [9.17, 15) is 13.6 Å². The third kappa shape index (κ3) is 1.91. The molecular weight excluding hydrogens is 202 g/mol. The Hall–Kier alpha value is -1.65. The normalized spacial score (nSPS) is 15.1. The number of nitrogen functional groups attached to an aromatic ring is 1. The lowest BCUT2D eigenvalue weighted by Crippen LogP contribution is -2.15. The van der Waals surface area contributed by atoms with Gasteiger partial charge in [-0.3, -0.25) is 4.79 Å². The first kappa shape index (κ1) is 9.89. The van der Waals surface area contributed by atoms with Crippen LogP contribution in [-0.2, 0) is 4.79 Å². The van der Waals surface area contributed by atoms with Crippen LogP contribution in [0.3, 0.4) is 0 Å². The van der Waals surface area contributed by atoms with E-state index < -0.39 is 11.6 Å². The molecule has 0 aliphatic heterocycles. The average Bonchev–Trinajstić information content (AvgIpc) is 3.02. The Balaban J connectivity index is 2.21. The highest BCUT2D eigenvalue weighted by Crippen LogP contribution is 2.31. The zero-order valence-electron chi connectivity index (χ0n) is 7.89. The van der Waals surface area contributed by atoms with E-state index in [0.717, 1.165) is 18.9 Å². The van der Waals surface area contributed by atoms with Crippen molar-refractivity contribution in [2.45, 2.75) is 12.8 Å². The van der Waals surface area contributed by atoms with Crippen molar-refractivity contribution in [3.8, 4) is 0 Å². The van der Waals surface area contributed by atoms with Gasteiger partial charge in [0, 0.05) is 5.92 Å². The Kier molecular flexibility index (Phi) is 2.30. The molecule has 0 saturated heterocycles. The lowest BCUT2D eigenvalue weighted by molar-refractivity contribution is -0.117. The van der Waals surface area contributed by atoms with Gasteiger partial charge >= 0.3 is 0 Å². The predicted octanol–water partition coefficient (Wildman–Crippen LogP) is 1.90. The topological polar surface area (TPSA) is 55.1 Å². The fourth-order valence-corrected chi connectivity index (χ4v) is 1.26. The quantitative estimate of drug-likeness (QED) is 0.735. The third-order valence-corrected chi connectivity index (χ3v) is 2.34. The number of anilines is 2. The second kappa shape index (κ2) is 3.49. The second-order valence-electron chi connectivity index (χ2n) is 3.59. The van der Waals surface area contributed by atoms with Crippen molar-refractivity contribution >= 4 is 17.3 Å². The van der Waals surface area contributed by atoms with Crippen molar-refractivity contribution in [2.75, 3.05) is 11.1 Å². The van der Waals surface area contributed by atoms with E-state index in [2.05, 4.69) is 5.32 Å². The fraction of sp³-hybridized carbons (Fsp3) is 0.300. The Labute approximate surface area is 85.3 Å². The van der Waals surface area contributed by atoms with Gasteiger partial charge < -0.3 is 11.1 Å². The fourth-order valence-electron chi connectivity index (χ4n) is 1.26. The summed E-state index contributed by atoms with van der Waals surface area (Å²) in [7, 11) is 0. The second-order valence-corrected chi connectivity index (χ2v) is 3.59. The van der Waals surface area contributed by atoms with E-state index in [1.54, 1.807) is 0 Å². The lowest BCUT2D eigenvalue weighted by atomic mass is 10.2. The van der Waals surface area contributed by atoms with Crippen LogP contribution in [0.5, 0.6) is 0 Å². The Morgan fingerprint density at radius 1 is 1.40 bits per heavy atom. The van der Waals surface area contributed by atoms with Gasteiger partial charge in [-0.15, -0.1) is 0 Å². The molecule has 1 aromatic rings. The van der Waals surface area contributed by atoms with Crippen LogP contribution in [0.15, 0.2) is 12.1 Å². The molecule has 0 bridgehead atoms. The molecule has 1 aliphatic carbocycles. The van der Waals surface area contributed by atoms with Crippen LogP contribution in [0.4, 0.5) is 20.2 Å². The molecule has 1 saturated carbocycles. The number of nitrogens with two attached hydrogens (primary N) is 1. The molecule has 0 spiro atoms. The van der Waals surface area contributed by atoms with E-state index >= 15 is 0 Å². The van der Waals surface area contributed by atoms with E-state index in [4.69, 9.17) is 5.73 Å². The number of hydrogen-bond acceptors (Lipinski definition) is 2. The minimum Gasteiger partial charge on any atom is -0.395 e. The molecule has 15 heavy (non-hydrogen) atoms. The van der Waals surface area contributed by atoms with Gasteiger partial charge in [0.25, 0.3) is 0 Å². The molecule has 1 aromatic carbocycles. The van der Waals surface area contributed by atoms with Gasteiger partial charge in [0.2, 0.25) is 5.91 Å². The van der Waals surface area contributed by atoms with Crippen molar-refractivity contribution in [1.29, 1.82) is 0 Å². The maximum atomic E-state index is 13.0. The van der Waals surface area contributed by atoms with Gasteiger partial charge in [-0.1, -0.05) is 0 Å². The van der Waals surface area contributed by atoms with Crippen molar-refractivity contribution in [2.24, 2.45) is 5.92 Å². The summed E-state index contributed by atoms with van der Waals surface area (Å²) in [5.41, 5.74) is 5.10. The van der Waals surface area contributed by atoms with Gasteiger partial charge in [0.1, 0.15) is 0 Å². The van der Waals surface area contributed by atoms with E-state index in [0.29, 0.717) is 0 Å². The molecule has 0 unspecified atom stereocenters. The van der Waals surface area contributed by atoms with E-state index in [-0.39, 0.29) is 23.2 Å². The number of hydrogen-bond donors (Lipinski definition) is 2. The van der Waals surface area contributed by atoms with Crippen LogP contribution in [0.1, 0.15) is 12.8 Å². The monoisotopic (exact) mass is 212 g/mol.